The first-order valence-corrected chi connectivity index (χ1v) is 11.0. The Morgan fingerprint density at radius 1 is 1.23 bits per heavy atom. The molecule has 2 aromatic rings. The SMILES string of the molecule is Fc1c(Cl)nc2c3c(nc(OC[C@@]45CCCN4C[C@H](F)C5)nc13)N1CCOC[C@@H]1CO2. The normalized spacial score (nSPS) is 30.1. The molecule has 0 saturated carbocycles. The van der Waals surface area contributed by atoms with Crippen LogP contribution in [0.3, 0.4) is 0 Å². The number of pyridine rings is 1. The Labute approximate surface area is 182 Å². The maximum atomic E-state index is 15.0. The van der Waals surface area contributed by atoms with Crippen molar-refractivity contribution in [3.05, 3.63) is 11.0 Å². The topological polar surface area (TPSA) is 72.8 Å². The lowest BCUT2D eigenvalue weighted by molar-refractivity contribution is 0.0773. The summed E-state index contributed by atoms with van der Waals surface area (Å²) in [6.45, 7) is 3.42. The van der Waals surface area contributed by atoms with Crippen LogP contribution in [-0.4, -0.2) is 83.7 Å². The number of ether oxygens (including phenoxy) is 3. The van der Waals surface area contributed by atoms with Crippen LogP contribution in [0.25, 0.3) is 10.9 Å². The Morgan fingerprint density at radius 2 is 2.13 bits per heavy atom. The van der Waals surface area contributed by atoms with E-state index in [9.17, 15) is 8.78 Å². The van der Waals surface area contributed by atoms with Crippen molar-refractivity contribution >= 4 is 28.3 Å². The van der Waals surface area contributed by atoms with Crippen LogP contribution >= 0.6 is 11.6 Å². The van der Waals surface area contributed by atoms with Crippen molar-refractivity contribution in [2.75, 3.05) is 51.0 Å². The lowest BCUT2D eigenvalue weighted by Crippen LogP contribution is -2.48. The van der Waals surface area contributed by atoms with Crippen molar-refractivity contribution in [2.24, 2.45) is 0 Å². The van der Waals surface area contributed by atoms with Gasteiger partial charge in [0, 0.05) is 19.5 Å². The third kappa shape index (κ3) is 3.10. The molecule has 3 saturated heterocycles. The number of aromatic nitrogens is 3. The molecule has 0 bridgehead atoms. The Hall–Kier alpha value is -2.04. The second kappa shape index (κ2) is 7.25. The molecule has 4 aliphatic heterocycles. The number of fused-ring (bicyclic) bond motifs is 3. The fraction of sp³-hybridized carbons (Fsp3) is 0.650. The van der Waals surface area contributed by atoms with E-state index in [-0.39, 0.29) is 40.7 Å². The number of rotatable bonds is 3. The number of hydrogen-bond donors (Lipinski definition) is 0. The van der Waals surface area contributed by atoms with Crippen molar-refractivity contribution in [3.63, 3.8) is 0 Å². The summed E-state index contributed by atoms with van der Waals surface area (Å²) in [6, 6.07) is -0.0490. The van der Waals surface area contributed by atoms with Crippen molar-refractivity contribution in [3.8, 4) is 11.9 Å². The van der Waals surface area contributed by atoms with Gasteiger partial charge in [0.15, 0.2) is 11.0 Å². The lowest BCUT2D eigenvalue weighted by atomic mass is 9.95. The van der Waals surface area contributed by atoms with Crippen LogP contribution in [0.1, 0.15) is 19.3 Å². The number of alkyl halides is 1. The number of halogens is 3. The predicted octanol–water partition coefficient (Wildman–Crippen LogP) is 2.37. The minimum Gasteiger partial charge on any atom is -0.475 e. The highest BCUT2D eigenvalue weighted by molar-refractivity contribution is 6.30. The van der Waals surface area contributed by atoms with Gasteiger partial charge in [0.2, 0.25) is 5.88 Å². The van der Waals surface area contributed by atoms with Crippen LogP contribution in [0.5, 0.6) is 11.9 Å². The van der Waals surface area contributed by atoms with Gasteiger partial charge in [-0.25, -0.2) is 8.78 Å². The summed E-state index contributed by atoms with van der Waals surface area (Å²) in [6.07, 6.45) is 1.44. The largest absolute Gasteiger partial charge is 0.475 e. The van der Waals surface area contributed by atoms with E-state index in [1.165, 1.54) is 0 Å². The summed E-state index contributed by atoms with van der Waals surface area (Å²) in [4.78, 5) is 17.2. The Bertz CT molecular complexity index is 1050. The fourth-order valence-corrected chi connectivity index (χ4v) is 5.51. The van der Waals surface area contributed by atoms with Crippen LogP contribution < -0.4 is 14.4 Å². The van der Waals surface area contributed by atoms with Gasteiger partial charge in [-0.15, -0.1) is 0 Å². The standard InChI is InChI=1S/C20H22ClF2N5O3/c21-16-14(23)15-13-17(28-4-5-29-8-12(28)9-30-18(13)25-16)26-19(24-15)31-10-20-2-1-3-27(20)7-11(22)6-20/h11-12H,1-10H2/t11-,12-,20+/m1/s1. The third-order valence-electron chi connectivity index (χ3n) is 6.81. The zero-order valence-electron chi connectivity index (χ0n) is 16.8. The van der Waals surface area contributed by atoms with Crippen molar-refractivity contribution < 1.29 is 23.0 Å². The summed E-state index contributed by atoms with van der Waals surface area (Å²) in [5, 5.41) is 0.0647. The molecule has 6 heterocycles. The molecule has 0 aromatic carbocycles. The molecule has 6 rings (SSSR count). The first-order chi connectivity index (χ1) is 15.0. The quantitative estimate of drug-likeness (QED) is 0.656. The zero-order valence-corrected chi connectivity index (χ0v) is 17.6. The second-order valence-corrected chi connectivity index (χ2v) is 9.03. The molecule has 0 radical (unpaired) electrons. The molecule has 3 fully saturated rings. The molecule has 3 atom stereocenters. The molecule has 0 aliphatic carbocycles. The summed E-state index contributed by atoms with van der Waals surface area (Å²) in [5.74, 6) is -0.0389. The smallest absolute Gasteiger partial charge is 0.319 e. The van der Waals surface area contributed by atoms with Crippen LogP contribution in [0.4, 0.5) is 14.6 Å². The monoisotopic (exact) mass is 453 g/mol. The number of anilines is 1. The van der Waals surface area contributed by atoms with E-state index in [1.54, 1.807) is 0 Å². The minimum absolute atomic E-state index is 0.0118. The number of morpholine rings is 1. The first kappa shape index (κ1) is 19.6. The molecule has 4 aliphatic rings. The van der Waals surface area contributed by atoms with E-state index in [2.05, 4.69) is 19.9 Å². The van der Waals surface area contributed by atoms with Crippen molar-refractivity contribution in [2.45, 2.75) is 37.0 Å². The van der Waals surface area contributed by atoms with Gasteiger partial charge in [-0.05, 0) is 19.4 Å². The van der Waals surface area contributed by atoms with Crippen molar-refractivity contribution in [1.82, 2.24) is 19.9 Å². The predicted molar refractivity (Wildman–Crippen MR) is 108 cm³/mol. The molecule has 0 N–H and O–H groups in total. The summed E-state index contributed by atoms with van der Waals surface area (Å²) < 4.78 is 46.5. The Balaban J connectivity index is 1.41. The maximum Gasteiger partial charge on any atom is 0.319 e. The maximum absolute atomic E-state index is 15.0. The van der Waals surface area contributed by atoms with E-state index in [0.29, 0.717) is 50.5 Å². The van der Waals surface area contributed by atoms with Gasteiger partial charge in [-0.1, -0.05) is 11.6 Å². The van der Waals surface area contributed by atoms with Crippen LogP contribution in [-0.2, 0) is 4.74 Å². The van der Waals surface area contributed by atoms with Gasteiger partial charge in [0.25, 0.3) is 0 Å². The van der Waals surface area contributed by atoms with Crippen LogP contribution in [0.2, 0.25) is 5.15 Å². The lowest BCUT2D eigenvalue weighted by Gasteiger charge is -2.35. The van der Waals surface area contributed by atoms with Gasteiger partial charge < -0.3 is 19.1 Å². The van der Waals surface area contributed by atoms with Crippen LogP contribution in [0.15, 0.2) is 0 Å². The van der Waals surface area contributed by atoms with Gasteiger partial charge in [0.1, 0.15) is 36.1 Å². The third-order valence-corrected chi connectivity index (χ3v) is 7.07. The Morgan fingerprint density at radius 3 is 3.03 bits per heavy atom. The highest BCUT2D eigenvalue weighted by Crippen LogP contribution is 2.42. The molecule has 166 valence electrons. The average molecular weight is 454 g/mol. The molecule has 8 nitrogen and oxygen atoms in total. The molecule has 0 amide bonds. The van der Waals surface area contributed by atoms with Crippen molar-refractivity contribution in [1.29, 1.82) is 0 Å². The summed E-state index contributed by atoms with van der Waals surface area (Å²) in [5.41, 5.74) is -0.339. The van der Waals surface area contributed by atoms with Gasteiger partial charge >= 0.3 is 6.01 Å². The molecule has 0 unspecified atom stereocenters. The molecule has 31 heavy (non-hydrogen) atoms. The summed E-state index contributed by atoms with van der Waals surface area (Å²) in [7, 11) is 0. The van der Waals surface area contributed by atoms with E-state index in [4.69, 9.17) is 25.8 Å². The van der Waals surface area contributed by atoms with E-state index in [1.807, 2.05) is 4.90 Å². The first-order valence-electron chi connectivity index (χ1n) is 10.6. The number of nitrogens with zero attached hydrogens (tertiary/aromatic N) is 5. The second-order valence-electron chi connectivity index (χ2n) is 8.67. The minimum atomic E-state index is -0.859. The number of hydrogen-bond acceptors (Lipinski definition) is 8. The van der Waals surface area contributed by atoms with Gasteiger partial charge in [-0.2, -0.15) is 15.0 Å². The van der Waals surface area contributed by atoms with E-state index >= 15 is 0 Å². The molecule has 0 spiro atoms. The fourth-order valence-electron chi connectivity index (χ4n) is 5.35. The Kier molecular flexibility index (Phi) is 4.59. The van der Waals surface area contributed by atoms with Crippen LogP contribution in [0, 0.1) is 5.82 Å². The zero-order chi connectivity index (χ0) is 21.2. The molecule has 2 aromatic heterocycles. The summed E-state index contributed by atoms with van der Waals surface area (Å²) >= 11 is 6.02. The molecular weight excluding hydrogens is 432 g/mol. The average Bonchev–Trinajstić information content (AvgIpc) is 3.24. The van der Waals surface area contributed by atoms with Gasteiger partial charge in [0.05, 0.1) is 24.8 Å². The highest BCUT2D eigenvalue weighted by atomic mass is 35.5. The van der Waals surface area contributed by atoms with E-state index < -0.39 is 12.0 Å². The molecule has 11 heteroatoms. The van der Waals surface area contributed by atoms with Gasteiger partial charge in [-0.3, -0.25) is 4.90 Å². The van der Waals surface area contributed by atoms with E-state index in [0.717, 1.165) is 19.4 Å². The molecular formula is C20H22ClF2N5O3. The highest BCUT2D eigenvalue weighted by Gasteiger charge is 2.49.